The largest absolute Gasteiger partial charge is 0.493 e. The predicted octanol–water partition coefficient (Wildman–Crippen LogP) is 6.46. The van der Waals surface area contributed by atoms with Crippen LogP contribution in [0.15, 0.2) is 66.7 Å². The molecule has 1 heterocycles. The Kier molecular flexibility index (Phi) is 8.18. The Bertz CT molecular complexity index is 1280. The first-order chi connectivity index (χ1) is 18.4. The lowest BCUT2D eigenvalue weighted by Crippen LogP contribution is -2.40. The fraction of sp³-hybridized carbons (Fsp3) is 0.387. The van der Waals surface area contributed by atoms with Crippen LogP contribution in [0.1, 0.15) is 41.9 Å². The molecule has 1 saturated heterocycles. The number of rotatable bonds is 9. The van der Waals surface area contributed by atoms with Crippen LogP contribution >= 0.6 is 23.2 Å². The normalized spacial score (nSPS) is 21.6. The number of nitrogens with zero attached hydrogens (tertiary/aromatic N) is 1. The number of halogens is 2. The standard InChI is InChI=1S/C31H34Cl2N2O3/c1-37-28-11-8-21(16-29(28)38-2)19-34-30(36)31(24-9-10-26(32)27(33)17-24)18-25(31)20-35-14-12-23(13-15-35)22-6-4-3-5-7-22/h3-11,16-17,23,25H,12-15,18-20H2,1-2H3,(H,34,36). The van der Waals surface area contributed by atoms with Crippen LogP contribution in [0.2, 0.25) is 10.0 Å². The zero-order valence-electron chi connectivity index (χ0n) is 21.9. The molecule has 3 aromatic carbocycles. The van der Waals surface area contributed by atoms with Gasteiger partial charge in [-0.05, 0) is 85.1 Å². The molecule has 2 fully saturated rings. The van der Waals surface area contributed by atoms with Gasteiger partial charge in [0.1, 0.15) is 0 Å². The lowest BCUT2D eigenvalue weighted by Gasteiger charge is -2.33. The summed E-state index contributed by atoms with van der Waals surface area (Å²) in [6.07, 6.45) is 3.07. The number of methoxy groups -OCH3 is 2. The van der Waals surface area contributed by atoms with Crippen molar-refractivity contribution in [2.24, 2.45) is 5.92 Å². The number of hydrogen-bond acceptors (Lipinski definition) is 4. The number of piperidine rings is 1. The zero-order chi connectivity index (χ0) is 26.7. The zero-order valence-corrected chi connectivity index (χ0v) is 23.4. The monoisotopic (exact) mass is 552 g/mol. The van der Waals surface area contributed by atoms with Crippen molar-refractivity contribution in [3.63, 3.8) is 0 Å². The molecule has 2 atom stereocenters. The lowest BCUT2D eigenvalue weighted by atomic mass is 9.88. The average Bonchev–Trinajstić information content (AvgIpc) is 3.68. The van der Waals surface area contributed by atoms with Gasteiger partial charge in [-0.3, -0.25) is 4.79 Å². The van der Waals surface area contributed by atoms with E-state index in [0.29, 0.717) is 34.0 Å². The van der Waals surface area contributed by atoms with Crippen LogP contribution < -0.4 is 14.8 Å². The second-order valence-electron chi connectivity index (χ2n) is 10.4. The van der Waals surface area contributed by atoms with Crippen molar-refractivity contribution in [2.75, 3.05) is 33.9 Å². The van der Waals surface area contributed by atoms with E-state index in [0.717, 1.165) is 50.0 Å². The number of likely N-dealkylation sites (tertiary alicyclic amines) is 1. The molecule has 2 aliphatic rings. The van der Waals surface area contributed by atoms with Crippen molar-refractivity contribution in [1.29, 1.82) is 0 Å². The fourth-order valence-electron chi connectivity index (χ4n) is 5.90. The molecule has 5 rings (SSSR count). The second-order valence-corrected chi connectivity index (χ2v) is 11.2. The van der Waals surface area contributed by atoms with Crippen molar-refractivity contribution in [3.05, 3.63) is 93.5 Å². The van der Waals surface area contributed by atoms with Crippen molar-refractivity contribution >= 4 is 29.1 Å². The Balaban J connectivity index is 1.28. The third-order valence-corrected chi connectivity index (χ3v) is 8.92. The van der Waals surface area contributed by atoms with E-state index in [9.17, 15) is 4.79 Å². The smallest absolute Gasteiger partial charge is 0.231 e. The summed E-state index contributed by atoms with van der Waals surface area (Å²) in [5.41, 5.74) is 2.70. The first kappa shape index (κ1) is 26.9. The van der Waals surface area contributed by atoms with Gasteiger partial charge in [-0.25, -0.2) is 0 Å². The third-order valence-electron chi connectivity index (χ3n) is 8.18. The van der Waals surface area contributed by atoms with E-state index in [2.05, 4.69) is 40.5 Å². The Morgan fingerprint density at radius 1 is 0.947 bits per heavy atom. The van der Waals surface area contributed by atoms with Crippen molar-refractivity contribution in [2.45, 2.75) is 37.1 Å². The van der Waals surface area contributed by atoms with E-state index in [1.807, 2.05) is 30.3 Å². The molecular formula is C31H34Cl2N2O3. The van der Waals surface area contributed by atoms with E-state index in [4.69, 9.17) is 32.7 Å². The number of carbonyl (C=O) groups is 1. The second kappa shape index (κ2) is 11.6. The van der Waals surface area contributed by atoms with Crippen LogP contribution in [0.25, 0.3) is 0 Å². The number of amides is 1. The van der Waals surface area contributed by atoms with Crippen LogP contribution in [0, 0.1) is 5.92 Å². The highest BCUT2D eigenvalue weighted by atomic mass is 35.5. The highest BCUT2D eigenvalue weighted by molar-refractivity contribution is 6.42. The number of carbonyl (C=O) groups excluding carboxylic acids is 1. The summed E-state index contributed by atoms with van der Waals surface area (Å²) >= 11 is 12.6. The summed E-state index contributed by atoms with van der Waals surface area (Å²) in [5, 5.41) is 4.16. The molecule has 1 aliphatic heterocycles. The summed E-state index contributed by atoms with van der Waals surface area (Å²) in [7, 11) is 3.22. The van der Waals surface area contributed by atoms with Crippen LogP contribution in [0.5, 0.6) is 11.5 Å². The SMILES string of the molecule is COc1ccc(CNC(=O)C2(c3ccc(Cl)c(Cl)c3)CC2CN2CCC(c3ccccc3)CC2)cc1OC. The summed E-state index contributed by atoms with van der Waals surface area (Å²) in [4.78, 5) is 16.3. The molecule has 2 unspecified atom stereocenters. The van der Waals surface area contributed by atoms with Gasteiger partial charge in [-0.1, -0.05) is 65.7 Å². The molecule has 0 radical (unpaired) electrons. The van der Waals surface area contributed by atoms with Gasteiger partial charge in [0.15, 0.2) is 11.5 Å². The summed E-state index contributed by atoms with van der Waals surface area (Å²) in [5.74, 6) is 2.15. The maximum absolute atomic E-state index is 13.8. The number of ether oxygens (including phenoxy) is 2. The molecule has 200 valence electrons. The molecule has 7 heteroatoms. The molecule has 1 amide bonds. The maximum Gasteiger partial charge on any atom is 0.231 e. The molecule has 38 heavy (non-hydrogen) atoms. The molecular weight excluding hydrogens is 519 g/mol. The van der Waals surface area contributed by atoms with Crippen LogP contribution in [-0.2, 0) is 16.8 Å². The van der Waals surface area contributed by atoms with Crippen LogP contribution in [-0.4, -0.2) is 44.7 Å². The summed E-state index contributed by atoms with van der Waals surface area (Å²) < 4.78 is 10.8. The Labute approximate surface area is 235 Å². The molecule has 1 aliphatic carbocycles. The predicted molar refractivity (Wildman–Crippen MR) is 152 cm³/mol. The van der Waals surface area contributed by atoms with Gasteiger partial charge in [0.2, 0.25) is 5.91 Å². The Morgan fingerprint density at radius 3 is 2.37 bits per heavy atom. The first-order valence-corrected chi connectivity index (χ1v) is 13.9. The fourth-order valence-corrected chi connectivity index (χ4v) is 6.20. The van der Waals surface area contributed by atoms with E-state index in [-0.39, 0.29) is 11.8 Å². The van der Waals surface area contributed by atoms with Gasteiger partial charge >= 0.3 is 0 Å². The van der Waals surface area contributed by atoms with Gasteiger partial charge < -0.3 is 19.7 Å². The molecule has 1 saturated carbocycles. The molecule has 5 nitrogen and oxygen atoms in total. The molecule has 0 bridgehead atoms. The van der Waals surface area contributed by atoms with Crippen molar-refractivity contribution < 1.29 is 14.3 Å². The molecule has 1 N–H and O–H groups in total. The maximum atomic E-state index is 13.8. The summed E-state index contributed by atoms with van der Waals surface area (Å²) in [6.45, 7) is 3.38. The summed E-state index contributed by atoms with van der Waals surface area (Å²) in [6, 6.07) is 22.1. The van der Waals surface area contributed by atoms with Gasteiger partial charge in [0.05, 0.1) is 29.7 Å². The Morgan fingerprint density at radius 2 is 1.68 bits per heavy atom. The number of benzene rings is 3. The number of nitrogens with one attached hydrogen (secondary N) is 1. The van der Waals surface area contributed by atoms with Gasteiger partial charge in [0, 0.05) is 13.1 Å². The van der Waals surface area contributed by atoms with E-state index < -0.39 is 5.41 Å². The molecule has 0 spiro atoms. The topological polar surface area (TPSA) is 50.8 Å². The molecule has 0 aromatic heterocycles. The quantitative estimate of drug-likeness (QED) is 0.330. The highest BCUT2D eigenvalue weighted by Gasteiger charge is 2.61. The van der Waals surface area contributed by atoms with Crippen LogP contribution in [0.3, 0.4) is 0 Å². The molecule has 3 aromatic rings. The van der Waals surface area contributed by atoms with Gasteiger partial charge in [-0.2, -0.15) is 0 Å². The minimum atomic E-state index is -0.610. The van der Waals surface area contributed by atoms with Crippen molar-refractivity contribution in [1.82, 2.24) is 10.2 Å². The van der Waals surface area contributed by atoms with Crippen molar-refractivity contribution in [3.8, 4) is 11.5 Å². The minimum Gasteiger partial charge on any atom is -0.493 e. The third kappa shape index (κ3) is 5.51. The van der Waals surface area contributed by atoms with E-state index >= 15 is 0 Å². The van der Waals surface area contributed by atoms with Gasteiger partial charge in [-0.15, -0.1) is 0 Å². The first-order valence-electron chi connectivity index (χ1n) is 13.2. The van der Waals surface area contributed by atoms with Gasteiger partial charge in [0.25, 0.3) is 0 Å². The highest BCUT2D eigenvalue weighted by Crippen LogP contribution is 2.56. The lowest BCUT2D eigenvalue weighted by molar-refractivity contribution is -0.124. The average molecular weight is 554 g/mol. The number of hydrogen-bond donors (Lipinski definition) is 1. The minimum absolute atomic E-state index is 0.0230. The van der Waals surface area contributed by atoms with E-state index in [1.54, 1.807) is 20.3 Å². The van der Waals surface area contributed by atoms with Crippen LogP contribution in [0.4, 0.5) is 0 Å². The van der Waals surface area contributed by atoms with E-state index in [1.165, 1.54) is 5.56 Å². The Hall–Kier alpha value is -2.73.